The van der Waals surface area contributed by atoms with Crippen LogP contribution in [0, 0.1) is 5.41 Å². The van der Waals surface area contributed by atoms with Crippen LogP contribution in [-0.4, -0.2) is 51.8 Å². The lowest BCUT2D eigenvalue weighted by molar-refractivity contribution is -0.141. The molecule has 0 unspecified atom stereocenters. The second-order valence-corrected chi connectivity index (χ2v) is 8.79. The molecular formula is C18H28N2O3S. The van der Waals surface area contributed by atoms with Crippen molar-refractivity contribution in [2.45, 2.75) is 66.0 Å². The zero-order valence-corrected chi connectivity index (χ0v) is 16.1. The van der Waals surface area contributed by atoms with Crippen molar-refractivity contribution < 1.29 is 14.4 Å². The van der Waals surface area contributed by atoms with Crippen molar-refractivity contribution in [3.05, 3.63) is 11.1 Å². The fourth-order valence-electron chi connectivity index (χ4n) is 3.16. The van der Waals surface area contributed by atoms with Gasteiger partial charge in [-0.3, -0.25) is 19.3 Å². The first-order valence-electron chi connectivity index (χ1n) is 8.61. The molecule has 6 heteroatoms. The summed E-state index contributed by atoms with van der Waals surface area (Å²) in [4.78, 5) is 40.6. The number of amides is 2. The van der Waals surface area contributed by atoms with Crippen LogP contribution in [0.4, 0.5) is 0 Å². The van der Waals surface area contributed by atoms with Gasteiger partial charge in [-0.25, -0.2) is 0 Å². The fraction of sp³-hybridized carbons (Fsp3) is 0.722. The Bertz CT molecular complexity index is 555. The number of hydrogen-bond acceptors (Lipinski definition) is 4. The van der Waals surface area contributed by atoms with Crippen molar-refractivity contribution in [2.24, 2.45) is 5.41 Å². The summed E-state index contributed by atoms with van der Waals surface area (Å²) in [6.07, 6.45) is 4.66. The van der Waals surface area contributed by atoms with Gasteiger partial charge in [-0.05, 0) is 33.1 Å². The molecule has 0 radical (unpaired) electrons. The summed E-state index contributed by atoms with van der Waals surface area (Å²) in [5, 5.41) is 0.602. The summed E-state index contributed by atoms with van der Waals surface area (Å²) in [7, 11) is 0. The third-order valence-corrected chi connectivity index (χ3v) is 5.70. The Morgan fingerprint density at radius 3 is 2.33 bits per heavy atom. The Kier molecular flexibility index (Phi) is 5.78. The molecule has 0 spiro atoms. The molecular weight excluding hydrogens is 324 g/mol. The summed E-state index contributed by atoms with van der Waals surface area (Å²) in [6.45, 7) is 9.70. The molecule has 0 aromatic rings. The minimum Gasteiger partial charge on any atom is -0.336 e. The number of carbonyl (C=O) groups excluding carboxylic acids is 3. The Morgan fingerprint density at radius 2 is 1.79 bits per heavy atom. The van der Waals surface area contributed by atoms with Gasteiger partial charge in [0.15, 0.2) is 5.78 Å². The number of piperidine rings is 1. The average Bonchev–Trinajstić information content (AvgIpc) is 2.79. The molecule has 0 aliphatic carbocycles. The van der Waals surface area contributed by atoms with E-state index in [9.17, 15) is 14.4 Å². The van der Waals surface area contributed by atoms with Gasteiger partial charge in [0, 0.05) is 23.6 Å². The van der Waals surface area contributed by atoms with Crippen LogP contribution in [0.1, 0.15) is 53.9 Å². The normalized spacial score (nSPS) is 27.0. The maximum atomic E-state index is 12.8. The zero-order chi connectivity index (χ0) is 18.1. The Hall–Kier alpha value is -1.30. The molecule has 2 saturated heterocycles. The Balaban J connectivity index is 2.13. The van der Waals surface area contributed by atoms with Gasteiger partial charge < -0.3 is 4.90 Å². The number of carbonyl (C=O) groups is 3. The van der Waals surface area contributed by atoms with E-state index in [1.807, 2.05) is 25.7 Å². The number of hydrogen-bond donors (Lipinski definition) is 0. The molecule has 0 N–H and O–H groups in total. The summed E-state index contributed by atoms with van der Waals surface area (Å²) in [5.74, 6) is 0.136. The first-order chi connectivity index (χ1) is 11.1. The summed E-state index contributed by atoms with van der Waals surface area (Å²) < 4.78 is 0. The van der Waals surface area contributed by atoms with E-state index in [2.05, 4.69) is 13.8 Å². The van der Waals surface area contributed by atoms with Crippen molar-refractivity contribution in [1.82, 2.24) is 9.80 Å². The van der Waals surface area contributed by atoms with Gasteiger partial charge in [0.2, 0.25) is 11.8 Å². The molecule has 2 fully saturated rings. The monoisotopic (exact) mass is 352 g/mol. The fourth-order valence-corrected chi connectivity index (χ4v) is 4.10. The number of allylic oxidation sites excluding steroid dienone is 1. The largest absolute Gasteiger partial charge is 0.336 e. The Morgan fingerprint density at radius 1 is 1.21 bits per heavy atom. The molecule has 134 valence electrons. The highest BCUT2D eigenvalue weighted by molar-refractivity contribution is 8.04. The van der Waals surface area contributed by atoms with Crippen molar-refractivity contribution in [3.63, 3.8) is 0 Å². The highest BCUT2D eigenvalue weighted by atomic mass is 32.2. The molecule has 2 atom stereocenters. The summed E-state index contributed by atoms with van der Waals surface area (Å²) >= 11 is 1.34. The van der Waals surface area contributed by atoms with Crippen LogP contribution < -0.4 is 0 Å². The number of likely N-dealkylation sites (tertiary alicyclic amines) is 1. The molecule has 0 bridgehead atoms. The van der Waals surface area contributed by atoms with Gasteiger partial charge in [0.25, 0.3) is 0 Å². The van der Waals surface area contributed by atoms with Crippen molar-refractivity contribution in [3.8, 4) is 0 Å². The lowest BCUT2D eigenvalue weighted by Crippen LogP contribution is -2.51. The van der Waals surface area contributed by atoms with E-state index in [4.69, 9.17) is 0 Å². The third-order valence-electron chi connectivity index (χ3n) is 4.68. The first-order valence-corrected chi connectivity index (χ1v) is 9.60. The second kappa shape index (κ2) is 7.30. The minimum absolute atomic E-state index is 0.0281. The number of rotatable bonds is 3. The van der Waals surface area contributed by atoms with Gasteiger partial charge in [-0.2, -0.15) is 0 Å². The third kappa shape index (κ3) is 4.21. The number of nitrogens with zero attached hydrogens (tertiary/aromatic N) is 2. The Labute approximate surface area is 148 Å². The minimum atomic E-state index is -0.495. The maximum Gasteiger partial charge on any atom is 0.243 e. The first kappa shape index (κ1) is 19.0. The van der Waals surface area contributed by atoms with E-state index < -0.39 is 5.41 Å². The van der Waals surface area contributed by atoms with E-state index in [1.165, 1.54) is 22.7 Å². The van der Waals surface area contributed by atoms with Gasteiger partial charge in [0.1, 0.15) is 6.54 Å². The van der Waals surface area contributed by atoms with E-state index in [0.717, 1.165) is 19.3 Å². The molecule has 2 aliphatic heterocycles. The molecule has 2 rings (SSSR count). The molecule has 5 nitrogen and oxygen atoms in total. The van der Waals surface area contributed by atoms with Gasteiger partial charge >= 0.3 is 0 Å². The quantitative estimate of drug-likeness (QED) is 0.733. The van der Waals surface area contributed by atoms with Crippen LogP contribution in [0.25, 0.3) is 0 Å². The lowest BCUT2D eigenvalue weighted by atomic mass is 9.91. The maximum absolute atomic E-state index is 12.8. The number of thioether (sulfide) groups is 1. The van der Waals surface area contributed by atoms with E-state index >= 15 is 0 Å². The van der Waals surface area contributed by atoms with Gasteiger partial charge in [-0.15, -0.1) is 0 Å². The lowest BCUT2D eigenvalue weighted by Gasteiger charge is -2.39. The van der Waals surface area contributed by atoms with Crippen LogP contribution in [0.2, 0.25) is 0 Å². The molecule has 0 aromatic carbocycles. The van der Waals surface area contributed by atoms with Crippen LogP contribution in [-0.2, 0) is 14.4 Å². The molecule has 2 heterocycles. The van der Waals surface area contributed by atoms with Crippen LogP contribution >= 0.6 is 11.8 Å². The molecule has 2 aliphatic rings. The average molecular weight is 353 g/mol. The van der Waals surface area contributed by atoms with Crippen molar-refractivity contribution >= 4 is 29.4 Å². The van der Waals surface area contributed by atoms with E-state index in [0.29, 0.717) is 10.8 Å². The predicted molar refractivity (Wildman–Crippen MR) is 96.3 cm³/mol. The highest BCUT2D eigenvalue weighted by Crippen LogP contribution is 2.31. The van der Waals surface area contributed by atoms with Gasteiger partial charge in [0.05, 0.1) is 10.8 Å². The molecule has 0 saturated carbocycles. The zero-order valence-electron chi connectivity index (χ0n) is 15.3. The molecule has 2 amide bonds. The van der Waals surface area contributed by atoms with E-state index in [-0.39, 0.29) is 36.2 Å². The van der Waals surface area contributed by atoms with E-state index in [1.54, 1.807) is 0 Å². The summed E-state index contributed by atoms with van der Waals surface area (Å²) in [6, 6.07) is 0.408. The topological polar surface area (TPSA) is 57.7 Å². The van der Waals surface area contributed by atoms with Crippen molar-refractivity contribution in [2.75, 3.05) is 12.3 Å². The molecule has 0 aromatic heterocycles. The van der Waals surface area contributed by atoms with Crippen LogP contribution in [0.15, 0.2) is 11.1 Å². The smallest absolute Gasteiger partial charge is 0.243 e. The molecule has 24 heavy (non-hydrogen) atoms. The van der Waals surface area contributed by atoms with Crippen LogP contribution in [0.5, 0.6) is 0 Å². The summed E-state index contributed by atoms with van der Waals surface area (Å²) in [5.41, 5.74) is -0.495. The standard InChI is InChI=1S/C18H28N2O3S/c1-12-7-6-8-13(2)20(12)15(22)10-19-16(23)11-24-17(19)9-14(21)18(3,4)5/h9,12-13H,6-8,10-11H2,1-5H3/b17-9-/t12-,13+. The van der Waals surface area contributed by atoms with Gasteiger partial charge in [-0.1, -0.05) is 32.5 Å². The number of ketones is 1. The van der Waals surface area contributed by atoms with Crippen molar-refractivity contribution in [1.29, 1.82) is 0 Å². The SMILES string of the molecule is C[C@@H]1CCC[C@H](C)N1C(=O)CN1C(=O)CS/C1=C\C(=O)C(C)(C)C. The predicted octanol–water partition coefficient (Wildman–Crippen LogP) is 2.81. The second-order valence-electron chi connectivity index (χ2n) is 7.80. The highest BCUT2D eigenvalue weighted by Gasteiger charge is 2.35. The van der Waals surface area contributed by atoms with Crippen LogP contribution in [0.3, 0.4) is 0 Å².